The molecule has 2 rings (SSSR count). The van der Waals surface area contributed by atoms with Gasteiger partial charge in [-0.25, -0.2) is 13.1 Å². The molecule has 0 bridgehead atoms. The molecule has 1 fully saturated rings. The van der Waals surface area contributed by atoms with Gasteiger partial charge in [-0.2, -0.15) is 0 Å². The molecule has 1 aromatic rings. The van der Waals surface area contributed by atoms with Crippen LogP contribution in [0, 0.1) is 5.92 Å². The molecule has 0 aromatic heterocycles. The fourth-order valence-corrected chi connectivity index (χ4v) is 3.81. The van der Waals surface area contributed by atoms with Crippen molar-refractivity contribution in [1.82, 2.24) is 4.72 Å². The first-order valence-corrected chi connectivity index (χ1v) is 8.14. The lowest BCUT2D eigenvalue weighted by molar-refractivity contribution is -0.141. The second kappa shape index (κ2) is 5.95. The zero-order chi connectivity index (χ0) is 15.6. The molecule has 0 heterocycles. The topological polar surface area (TPSA) is 101 Å². The van der Waals surface area contributed by atoms with Crippen LogP contribution in [0.5, 0.6) is 0 Å². The molecular formula is C14H17NO5S. The van der Waals surface area contributed by atoms with Gasteiger partial charge in [0, 0.05) is 11.6 Å². The maximum Gasteiger partial charge on any atom is 0.306 e. The Hall–Kier alpha value is -1.73. The van der Waals surface area contributed by atoms with Crippen LogP contribution in [0.4, 0.5) is 0 Å². The number of benzene rings is 1. The van der Waals surface area contributed by atoms with E-state index in [1.807, 2.05) is 0 Å². The van der Waals surface area contributed by atoms with Crippen LogP contribution in [0.1, 0.15) is 36.5 Å². The summed E-state index contributed by atoms with van der Waals surface area (Å²) in [6, 6.07) is 5.43. The van der Waals surface area contributed by atoms with Crippen LogP contribution < -0.4 is 4.72 Å². The largest absolute Gasteiger partial charge is 0.481 e. The van der Waals surface area contributed by atoms with Crippen molar-refractivity contribution < 1.29 is 23.1 Å². The minimum absolute atomic E-state index is 0.0222. The summed E-state index contributed by atoms with van der Waals surface area (Å²) in [5.41, 5.74) is 0.327. The van der Waals surface area contributed by atoms with Gasteiger partial charge in [-0.15, -0.1) is 0 Å². The van der Waals surface area contributed by atoms with E-state index in [2.05, 4.69) is 4.72 Å². The van der Waals surface area contributed by atoms with Crippen molar-refractivity contribution >= 4 is 21.8 Å². The van der Waals surface area contributed by atoms with Gasteiger partial charge in [0.15, 0.2) is 5.78 Å². The van der Waals surface area contributed by atoms with Gasteiger partial charge in [-0.3, -0.25) is 9.59 Å². The second-order valence-corrected chi connectivity index (χ2v) is 6.96. The van der Waals surface area contributed by atoms with Crippen LogP contribution in [-0.2, 0) is 14.8 Å². The molecule has 0 saturated heterocycles. The van der Waals surface area contributed by atoms with Crippen LogP contribution in [0.15, 0.2) is 29.2 Å². The first-order chi connectivity index (χ1) is 9.79. The number of carbonyl (C=O) groups is 2. The second-order valence-electron chi connectivity index (χ2n) is 5.25. The minimum Gasteiger partial charge on any atom is -0.481 e. The Labute approximate surface area is 123 Å². The Morgan fingerprint density at radius 3 is 2.57 bits per heavy atom. The predicted molar refractivity (Wildman–Crippen MR) is 75.5 cm³/mol. The van der Waals surface area contributed by atoms with Crippen molar-refractivity contribution in [3.05, 3.63) is 29.8 Å². The van der Waals surface area contributed by atoms with Gasteiger partial charge in [-0.1, -0.05) is 12.1 Å². The van der Waals surface area contributed by atoms with Crippen molar-refractivity contribution in [2.45, 2.75) is 37.1 Å². The van der Waals surface area contributed by atoms with E-state index >= 15 is 0 Å². The average molecular weight is 311 g/mol. The van der Waals surface area contributed by atoms with Gasteiger partial charge in [0.25, 0.3) is 0 Å². The van der Waals surface area contributed by atoms with Gasteiger partial charge in [0.05, 0.1) is 10.8 Å². The zero-order valence-electron chi connectivity index (χ0n) is 11.6. The molecule has 2 unspecified atom stereocenters. The van der Waals surface area contributed by atoms with Crippen LogP contribution in [0.25, 0.3) is 0 Å². The summed E-state index contributed by atoms with van der Waals surface area (Å²) in [7, 11) is -3.74. The molecule has 1 aromatic carbocycles. The van der Waals surface area contributed by atoms with Crippen LogP contribution >= 0.6 is 0 Å². The lowest BCUT2D eigenvalue weighted by atomic mass is 10.1. The number of nitrogens with one attached hydrogen (secondary N) is 1. The smallest absolute Gasteiger partial charge is 0.306 e. The number of sulfonamides is 1. The van der Waals surface area contributed by atoms with Gasteiger partial charge < -0.3 is 5.11 Å². The first kappa shape index (κ1) is 15.7. The van der Waals surface area contributed by atoms with E-state index in [0.29, 0.717) is 24.8 Å². The highest BCUT2D eigenvalue weighted by molar-refractivity contribution is 7.89. The number of aliphatic carboxylic acids is 1. The number of carbonyl (C=O) groups excluding carboxylic acids is 1. The molecule has 21 heavy (non-hydrogen) atoms. The number of carboxylic acids is 1. The molecule has 114 valence electrons. The van der Waals surface area contributed by atoms with Crippen LogP contribution in [0.2, 0.25) is 0 Å². The molecule has 1 aliphatic rings. The third kappa shape index (κ3) is 3.68. The highest BCUT2D eigenvalue weighted by atomic mass is 32.2. The van der Waals surface area contributed by atoms with E-state index in [1.54, 1.807) is 6.07 Å². The molecule has 0 amide bonds. The van der Waals surface area contributed by atoms with Gasteiger partial charge in [0.1, 0.15) is 0 Å². The SMILES string of the molecule is CC(=O)c1cccc(S(=O)(=O)NC2CCC(C(=O)O)C2)c1. The summed E-state index contributed by atoms with van der Waals surface area (Å²) in [5, 5.41) is 8.93. The first-order valence-electron chi connectivity index (χ1n) is 6.66. The number of ketones is 1. The van der Waals surface area contributed by atoms with E-state index in [4.69, 9.17) is 5.11 Å². The Kier molecular flexibility index (Phi) is 4.43. The summed E-state index contributed by atoms with van der Waals surface area (Å²) in [6.45, 7) is 1.37. The lowest BCUT2D eigenvalue weighted by Gasteiger charge is -2.13. The van der Waals surface area contributed by atoms with Crippen LogP contribution in [0.3, 0.4) is 0 Å². The van der Waals surface area contributed by atoms with E-state index < -0.39 is 21.9 Å². The Morgan fingerprint density at radius 1 is 1.29 bits per heavy atom. The predicted octanol–water partition coefficient (Wildman–Crippen LogP) is 1.42. The molecule has 0 aliphatic heterocycles. The van der Waals surface area contributed by atoms with Crippen molar-refractivity contribution in [3.8, 4) is 0 Å². The molecule has 1 saturated carbocycles. The van der Waals surface area contributed by atoms with E-state index in [-0.39, 0.29) is 16.7 Å². The number of carboxylic acid groups (broad SMARTS) is 1. The standard InChI is InChI=1S/C14H17NO5S/c1-9(16)10-3-2-4-13(8-10)21(19,20)15-12-6-5-11(7-12)14(17)18/h2-4,8,11-12,15H,5-7H2,1H3,(H,17,18). The molecule has 1 aliphatic carbocycles. The highest BCUT2D eigenvalue weighted by Gasteiger charge is 2.32. The maximum absolute atomic E-state index is 12.3. The van der Waals surface area contributed by atoms with E-state index in [1.165, 1.54) is 25.1 Å². The molecule has 2 atom stereocenters. The Bertz CT molecular complexity index is 668. The van der Waals surface area contributed by atoms with Crippen molar-refractivity contribution in [3.63, 3.8) is 0 Å². The van der Waals surface area contributed by atoms with Crippen LogP contribution in [-0.4, -0.2) is 31.3 Å². The minimum atomic E-state index is -3.74. The summed E-state index contributed by atoms with van der Waals surface area (Å²) in [6.07, 6.45) is 1.26. The zero-order valence-corrected chi connectivity index (χ0v) is 12.4. The van der Waals surface area contributed by atoms with E-state index in [0.717, 1.165) is 0 Å². The lowest BCUT2D eigenvalue weighted by Crippen LogP contribution is -2.33. The summed E-state index contributed by atoms with van der Waals surface area (Å²) in [4.78, 5) is 22.2. The van der Waals surface area contributed by atoms with Crippen molar-refractivity contribution in [2.75, 3.05) is 0 Å². The van der Waals surface area contributed by atoms with Crippen molar-refractivity contribution in [1.29, 1.82) is 0 Å². The Morgan fingerprint density at radius 2 is 2.00 bits per heavy atom. The van der Waals surface area contributed by atoms with Gasteiger partial charge in [-0.05, 0) is 38.3 Å². The fourth-order valence-electron chi connectivity index (χ4n) is 2.48. The number of hydrogen-bond acceptors (Lipinski definition) is 4. The van der Waals surface area contributed by atoms with Gasteiger partial charge in [0.2, 0.25) is 10.0 Å². The summed E-state index contributed by atoms with van der Waals surface area (Å²) < 4.78 is 27.1. The Balaban J connectivity index is 2.14. The van der Waals surface area contributed by atoms with E-state index in [9.17, 15) is 18.0 Å². The van der Waals surface area contributed by atoms with Crippen molar-refractivity contribution in [2.24, 2.45) is 5.92 Å². The number of Topliss-reactive ketones (excluding diaryl/α,β-unsaturated/α-hetero) is 1. The molecule has 6 nitrogen and oxygen atoms in total. The van der Waals surface area contributed by atoms with Gasteiger partial charge >= 0.3 is 5.97 Å². The normalized spacial score (nSPS) is 22.1. The number of rotatable bonds is 5. The molecule has 0 spiro atoms. The molecule has 2 N–H and O–H groups in total. The quantitative estimate of drug-likeness (QED) is 0.801. The molecular weight excluding hydrogens is 294 g/mol. The maximum atomic E-state index is 12.3. The molecule has 0 radical (unpaired) electrons. The monoisotopic (exact) mass is 311 g/mol. The third-order valence-electron chi connectivity index (χ3n) is 3.65. The fraction of sp³-hybridized carbons (Fsp3) is 0.429. The number of hydrogen-bond donors (Lipinski definition) is 2. The summed E-state index contributed by atoms with van der Waals surface area (Å²) >= 11 is 0. The average Bonchev–Trinajstić information content (AvgIpc) is 2.87. The molecule has 7 heteroatoms. The third-order valence-corrected chi connectivity index (χ3v) is 5.17. The summed E-state index contributed by atoms with van der Waals surface area (Å²) in [5.74, 6) is -1.60. The highest BCUT2D eigenvalue weighted by Crippen LogP contribution is 2.27.